The van der Waals surface area contributed by atoms with Crippen molar-refractivity contribution in [1.29, 1.82) is 0 Å². The smallest absolute Gasteiger partial charge is 0.419 e. The number of likely N-dealkylation sites (tertiary alicyclic amines) is 1. The number of hydrogen-bond donors (Lipinski definition) is 1. The van der Waals surface area contributed by atoms with Gasteiger partial charge in [0.25, 0.3) is 0 Å². The van der Waals surface area contributed by atoms with Crippen molar-refractivity contribution in [3.8, 4) is 5.75 Å². The highest BCUT2D eigenvalue weighted by Crippen LogP contribution is 2.61. The fourth-order valence-corrected chi connectivity index (χ4v) is 6.74. The second-order valence-corrected chi connectivity index (χ2v) is 12.8. The number of aromatic nitrogens is 1. The van der Waals surface area contributed by atoms with Crippen LogP contribution in [0.4, 0.5) is 19.3 Å². The molecule has 0 amide bonds. The van der Waals surface area contributed by atoms with Gasteiger partial charge in [-0.05, 0) is 87.9 Å². The van der Waals surface area contributed by atoms with Crippen molar-refractivity contribution >= 4 is 28.7 Å². The number of aryl methyl sites for hydroxylation is 1. The summed E-state index contributed by atoms with van der Waals surface area (Å²) in [5.74, 6) is -2.47. The third-order valence-corrected chi connectivity index (χ3v) is 8.53. The molecule has 5 rings (SSSR count). The number of fused-ring (bicyclic) bond motifs is 1. The number of halogens is 2. The maximum atomic E-state index is 14.1. The summed E-state index contributed by atoms with van der Waals surface area (Å²) >= 11 is 0. The number of piperidine rings is 1. The van der Waals surface area contributed by atoms with Gasteiger partial charge < -0.3 is 19.9 Å². The number of ether oxygens (including phenoxy) is 3. The first kappa shape index (κ1) is 33.2. The van der Waals surface area contributed by atoms with E-state index in [2.05, 4.69) is 4.90 Å². The molecule has 2 aromatic carbocycles. The van der Waals surface area contributed by atoms with E-state index in [1.54, 1.807) is 31.5 Å². The summed E-state index contributed by atoms with van der Waals surface area (Å²) < 4.78 is 46.1. The first-order chi connectivity index (χ1) is 20.7. The van der Waals surface area contributed by atoms with Gasteiger partial charge in [0, 0.05) is 48.3 Å². The molecule has 1 aliphatic heterocycles. The number of rotatable bonds is 5. The van der Waals surface area contributed by atoms with Gasteiger partial charge in [-0.1, -0.05) is 19.9 Å². The number of nitrogens with two attached hydrogens (primary N) is 1. The van der Waals surface area contributed by atoms with Crippen molar-refractivity contribution in [2.45, 2.75) is 91.3 Å². The van der Waals surface area contributed by atoms with Gasteiger partial charge >= 0.3 is 12.1 Å². The number of nitrogen functional groups attached to an aromatic ring is 1. The molecule has 1 aliphatic carbocycles. The average Bonchev–Trinajstić information content (AvgIpc) is 3.40. The topological polar surface area (TPSA) is 96.0 Å². The SMILES string of the molecule is CC.COC(=O)c1ccc(C2CC3(CCN2Cc2c(OC)cc(C)c4c2ccn4C(=O)OC(C)(C)C)CC(F)(F)C3)c(N)c1. The van der Waals surface area contributed by atoms with Crippen LogP contribution in [-0.4, -0.2) is 53.8 Å². The lowest BCUT2D eigenvalue weighted by Gasteiger charge is -2.55. The Balaban J connectivity index is 0.00000216. The van der Waals surface area contributed by atoms with Crippen LogP contribution in [0.3, 0.4) is 0 Å². The van der Waals surface area contributed by atoms with Gasteiger partial charge in [-0.2, -0.15) is 0 Å². The molecule has 1 saturated heterocycles. The minimum atomic E-state index is -2.65. The lowest BCUT2D eigenvalue weighted by atomic mass is 9.59. The Kier molecular flexibility index (Phi) is 9.35. The Labute approximate surface area is 258 Å². The quantitative estimate of drug-likeness (QED) is 0.231. The van der Waals surface area contributed by atoms with E-state index in [1.165, 1.54) is 11.7 Å². The van der Waals surface area contributed by atoms with Gasteiger partial charge in [-0.15, -0.1) is 0 Å². The fraction of sp³-hybridized carbons (Fsp3) is 0.529. The molecule has 0 radical (unpaired) electrons. The van der Waals surface area contributed by atoms with Crippen molar-refractivity contribution in [2.24, 2.45) is 5.41 Å². The average molecular weight is 614 g/mol. The maximum absolute atomic E-state index is 14.1. The van der Waals surface area contributed by atoms with Crippen LogP contribution in [0, 0.1) is 12.3 Å². The molecule has 1 aromatic heterocycles. The van der Waals surface area contributed by atoms with E-state index < -0.39 is 29.0 Å². The Morgan fingerprint density at radius 3 is 2.34 bits per heavy atom. The molecule has 0 bridgehead atoms. The van der Waals surface area contributed by atoms with E-state index in [0.717, 1.165) is 27.6 Å². The van der Waals surface area contributed by atoms with Crippen LogP contribution in [0.25, 0.3) is 10.9 Å². The van der Waals surface area contributed by atoms with E-state index in [0.29, 0.717) is 42.9 Å². The third-order valence-electron chi connectivity index (χ3n) is 8.53. The van der Waals surface area contributed by atoms with E-state index in [1.807, 2.05) is 53.7 Å². The Bertz CT molecular complexity index is 1530. The summed E-state index contributed by atoms with van der Waals surface area (Å²) in [6, 6.07) is 8.58. The zero-order valence-electron chi connectivity index (χ0n) is 27.1. The summed E-state index contributed by atoms with van der Waals surface area (Å²) in [4.78, 5) is 27.4. The highest BCUT2D eigenvalue weighted by Gasteiger charge is 2.58. The van der Waals surface area contributed by atoms with Gasteiger partial charge in [-0.3, -0.25) is 9.47 Å². The molecule has 1 saturated carbocycles. The van der Waals surface area contributed by atoms with Crippen molar-refractivity contribution in [3.05, 3.63) is 58.8 Å². The normalized spacial score (nSPS) is 19.1. The monoisotopic (exact) mass is 613 g/mol. The van der Waals surface area contributed by atoms with Gasteiger partial charge in [0.15, 0.2) is 0 Å². The first-order valence-electron chi connectivity index (χ1n) is 15.2. The Morgan fingerprint density at radius 2 is 1.77 bits per heavy atom. The Morgan fingerprint density at radius 1 is 1.09 bits per heavy atom. The summed E-state index contributed by atoms with van der Waals surface area (Å²) in [5.41, 5.74) is 9.36. The molecule has 1 spiro atoms. The lowest BCUT2D eigenvalue weighted by Crippen LogP contribution is -2.53. The molecule has 2 fully saturated rings. The van der Waals surface area contributed by atoms with E-state index in [9.17, 15) is 18.4 Å². The number of alkyl halides is 2. The fourth-order valence-electron chi connectivity index (χ4n) is 6.74. The number of anilines is 1. The molecule has 2 N–H and O–H groups in total. The molecule has 240 valence electrons. The highest BCUT2D eigenvalue weighted by molar-refractivity contribution is 5.95. The number of carbonyl (C=O) groups excluding carboxylic acids is 2. The van der Waals surface area contributed by atoms with Crippen molar-refractivity contribution in [1.82, 2.24) is 9.47 Å². The zero-order chi connectivity index (χ0) is 32.6. The first-order valence-corrected chi connectivity index (χ1v) is 15.2. The third kappa shape index (κ3) is 6.55. The summed E-state index contributed by atoms with van der Waals surface area (Å²) in [7, 11) is 2.92. The summed E-state index contributed by atoms with van der Waals surface area (Å²) in [6.07, 6.45) is 2.11. The molecular formula is C34H45F2N3O5. The molecule has 1 unspecified atom stereocenters. The van der Waals surface area contributed by atoms with Crippen LogP contribution in [0.2, 0.25) is 0 Å². The van der Waals surface area contributed by atoms with Crippen LogP contribution in [-0.2, 0) is 16.0 Å². The van der Waals surface area contributed by atoms with Crippen molar-refractivity contribution < 1.29 is 32.6 Å². The molecule has 44 heavy (non-hydrogen) atoms. The number of hydrogen-bond acceptors (Lipinski definition) is 7. The van der Waals surface area contributed by atoms with E-state index >= 15 is 0 Å². The minimum absolute atomic E-state index is 0.138. The minimum Gasteiger partial charge on any atom is -0.496 e. The number of nitrogens with zero attached hydrogens (tertiary/aromatic N) is 2. The van der Waals surface area contributed by atoms with Crippen LogP contribution in [0.1, 0.15) is 93.4 Å². The van der Waals surface area contributed by atoms with Crippen molar-refractivity contribution in [3.63, 3.8) is 0 Å². The van der Waals surface area contributed by atoms with Gasteiger partial charge in [0.1, 0.15) is 11.4 Å². The van der Waals surface area contributed by atoms with Crippen LogP contribution >= 0.6 is 0 Å². The predicted molar refractivity (Wildman–Crippen MR) is 167 cm³/mol. The molecule has 3 aromatic rings. The number of esters is 1. The largest absolute Gasteiger partial charge is 0.496 e. The highest BCUT2D eigenvalue weighted by atomic mass is 19.3. The lowest BCUT2D eigenvalue weighted by molar-refractivity contribution is -0.186. The molecule has 10 heteroatoms. The second kappa shape index (κ2) is 12.4. The van der Waals surface area contributed by atoms with Gasteiger partial charge in [-0.25, -0.2) is 18.4 Å². The molecule has 2 aliphatic rings. The number of benzene rings is 2. The molecule has 8 nitrogen and oxygen atoms in total. The van der Waals surface area contributed by atoms with Crippen LogP contribution < -0.4 is 10.5 Å². The summed E-state index contributed by atoms with van der Waals surface area (Å²) in [5, 5.41) is 0.848. The molecule has 2 heterocycles. The van der Waals surface area contributed by atoms with Gasteiger partial charge in [0.05, 0.1) is 25.3 Å². The Hall–Kier alpha value is -3.66. The van der Waals surface area contributed by atoms with Crippen molar-refractivity contribution in [2.75, 3.05) is 26.5 Å². The zero-order valence-corrected chi connectivity index (χ0v) is 27.1. The number of methoxy groups -OCH3 is 2. The molecule has 1 atom stereocenters. The second-order valence-electron chi connectivity index (χ2n) is 12.8. The predicted octanol–water partition coefficient (Wildman–Crippen LogP) is 7.89. The standard InChI is InChI=1S/C32H39F2N3O5.C2H6/c1-19-13-26(40-5)23(21-9-11-37(27(19)21)29(39)42-30(2,3)4)16-36-12-10-31(17-32(33,34)18-31)15-25(36)22-8-7-20(14-24(22)35)28(38)41-6;1-2/h7-9,11,13-14,25H,10,12,15-18,35H2,1-6H3;1-2H3. The van der Waals surface area contributed by atoms with Gasteiger partial charge in [0.2, 0.25) is 5.92 Å². The number of carbonyl (C=O) groups is 2. The summed E-state index contributed by atoms with van der Waals surface area (Å²) in [6.45, 7) is 12.4. The van der Waals surface area contributed by atoms with Crippen LogP contribution in [0.15, 0.2) is 36.5 Å². The van der Waals surface area contributed by atoms with Crippen LogP contribution in [0.5, 0.6) is 5.75 Å². The maximum Gasteiger partial charge on any atom is 0.419 e. The molecular weight excluding hydrogens is 568 g/mol. The van der Waals surface area contributed by atoms with E-state index in [-0.39, 0.29) is 18.9 Å². The van der Waals surface area contributed by atoms with E-state index in [4.69, 9.17) is 19.9 Å².